The third kappa shape index (κ3) is 66.7. The predicted molar refractivity (Wildman–Crippen MR) is 372 cm³/mol. The summed E-state index contributed by atoms with van der Waals surface area (Å²) < 4.78 is 68.2. The molecule has 546 valence electrons. The number of phosphoric acid groups is 2. The second-order valence-electron chi connectivity index (χ2n) is 26.3. The number of phosphoric ester groups is 2. The topological polar surface area (TPSA) is 237 Å². The van der Waals surface area contributed by atoms with Gasteiger partial charge in [0.05, 0.1) is 26.4 Å². The highest BCUT2D eigenvalue weighted by atomic mass is 31.2. The Balaban J connectivity index is 5.12. The van der Waals surface area contributed by atoms with Crippen LogP contribution in [0.4, 0.5) is 0 Å². The van der Waals surface area contributed by atoms with Crippen molar-refractivity contribution in [3.8, 4) is 0 Å². The fourth-order valence-electron chi connectivity index (χ4n) is 11.2. The van der Waals surface area contributed by atoms with Crippen LogP contribution < -0.4 is 0 Å². The number of aliphatic hydroxyl groups excluding tert-OH is 1. The van der Waals surface area contributed by atoms with E-state index in [1.807, 2.05) is 0 Å². The first kappa shape index (κ1) is 90.1. The van der Waals surface area contributed by atoms with E-state index < -0.39 is 97.5 Å². The van der Waals surface area contributed by atoms with Gasteiger partial charge in [0.2, 0.25) is 0 Å². The van der Waals surface area contributed by atoms with Crippen molar-refractivity contribution < 1.29 is 80.2 Å². The Kier molecular flexibility index (Phi) is 66.2. The maximum Gasteiger partial charge on any atom is 0.472 e. The molecule has 5 atom stereocenters. The third-order valence-electron chi connectivity index (χ3n) is 17.1. The van der Waals surface area contributed by atoms with Crippen LogP contribution >= 0.6 is 15.6 Å². The second-order valence-corrected chi connectivity index (χ2v) is 29.2. The van der Waals surface area contributed by atoms with Crippen LogP contribution in [-0.4, -0.2) is 96.7 Å². The standard InChI is InChI=1S/C73H142O17P2/c1-5-9-13-17-21-25-27-29-31-32-33-34-35-36-37-38-40-42-44-48-52-56-60-73(78)90-69(64-84-71(76)58-54-50-47-43-41-39-30-28-26-22-18-14-10-6-2)66-88-92(81,82)86-62-67(74)61-85-91(79,80)87-65-68(89-72(77)59-55-51-46-24-20-16-12-8-4)63-83-70(75)57-53-49-45-23-19-15-11-7-3/h67-69,74H,5-66H2,1-4H3,(H,79,80)(H,81,82)/t67-,68+,69+/m0/s1. The number of aliphatic hydroxyl groups is 1. The lowest BCUT2D eigenvalue weighted by molar-refractivity contribution is -0.161. The van der Waals surface area contributed by atoms with Crippen LogP contribution in [0.3, 0.4) is 0 Å². The Hall–Kier alpha value is -1.94. The van der Waals surface area contributed by atoms with Gasteiger partial charge in [-0.15, -0.1) is 0 Å². The fourth-order valence-corrected chi connectivity index (χ4v) is 12.8. The summed E-state index contributed by atoms with van der Waals surface area (Å²) in [5.41, 5.74) is 0. The SMILES string of the molecule is CCCCCCCCCCCCCCCCCCCCCCCCC(=O)O[C@H](COC(=O)CCCCCCCCCCCCCCCC)COP(=O)(O)OC[C@@H](O)COP(=O)(O)OC[C@@H](COC(=O)CCCCCCCCCC)OC(=O)CCCCCCCCCC. The molecule has 3 N–H and O–H groups in total. The molecule has 0 saturated carbocycles. The Morgan fingerprint density at radius 3 is 0.641 bits per heavy atom. The summed E-state index contributed by atoms with van der Waals surface area (Å²) in [6.07, 6.45) is 57.2. The number of carbonyl (C=O) groups is 4. The Labute approximate surface area is 562 Å². The van der Waals surface area contributed by atoms with Crippen LogP contribution in [0.2, 0.25) is 0 Å². The molecule has 0 aliphatic carbocycles. The van der Waals surface area contributed by atoms with Crippen molar-refractivity contribution in [2.24, 2.45) is 0 Å². The van der Waals surface area contributed by atoms with E-state index in [9.17, 15) is 43.2 Å². The van der Waals surface area contributed by atoms with Crippen LogP contribution in [-0.2, 0) is 65.4 Å². The smallest absolute Gasteiger partial charge is 0.462 e. The van der Waals surface area contributed by atoms with Gasteiger partial charge in [-0.25, -0.2) is 9.13 Å². The van der Waals surface area contributed by atoms with Crippen molar-refractivity contribution in [2.75, 3.05) is 39.6 Å². The van der Waals surface area contributed by atoms with Crippen LogP contribution in [0.5, 0.6) is 0 Å². The van der Waals surface area contributed by atoms with E-state index >= 15 is 0 Å². The van der Waals surface area contributed by atoms with E-state index in [4.69, 9.17) is 37.0 Å². The predicted octanol–water partition coefficient (Wildman–Crippen LogP) is 21.4. The van der Waals surface area contributed by atoms with Gasteiger partial charge in [0, 0.05) is 25.7 Å². The molecule has 17 nitrogen and oxygen atoms in total. The van der Waals surface area contributed by atoms with E-state index in [-0.39, 0.29) is 25.7 Å². The van der Waals surface area contributed by atoms with Crippen LogP contribution in [0, 0.1) is 0 Å². The molecular formula is C73H142O17P2. The summed E-state index contributed by atoms with van der Waals surface area (Å²) >= 11 is 0. The first-order chi connectivity index (χ1) is 44.7. The van der Waals surface area contributed by atoms with E-state index in [1.54, 1.807) is 0 Å². The largest absolute Gasteiger partial charge is 0.472 e. The number of ether oxygens (including phenoxy) is 4. The van der Waals surface area contributed by atoms with Gasteiger partial charge in [-0.05, 0) is 25.7 Å². The maximum atomic E-state index is 13.1. The molecule has 0 aromatic heterocycles. The second kappa shape index (κ2) is 67.6. The highest BCUT2D eigenvalue weighted by Crippen LogP contribution is 2.45. The number of rotatable bonds is 74. The minimum absolute atomic E-state index is 0.105. The summed E-state index contributed by atoms with van der Waals surface area (Å²) in [7, 11) is -9.89. The molecule has 2 unspecified atom stereocenters. The number of hydrogen-bond acceptors (Lipinski definition) is 15. The molecule has 92 heavy (non-hydrogen) atoms. The molecule has 0 saturated heterocycles. The zero-order chi connectivity index (χ0) is 67.5. The van der Waals surface area contributed by atoms with Gasteiger partial charge < -0.3 is 33.8 Å². The molecule has 0 bridgehead atoms. The van der Waals surface area contributed by atoms with Gasteiger partial charge in [0.15, 0.2) is 12.2 Å². The monoisotopic (exact) mass is 1350 g/mol. The van der Waals surface area contributed by atoms with E-state index in [0.717, 1.165) is 103 Å². The van der Waals surface area contributed by atoms with E-state index in [2.05, 4.69) is 27.7 Å². The van der Waals surface area contributed by atoms with Crippen molar-refractivity contribution in [3.63, 3.8) is 0 Å². The molecule has 0 aromatic carbocycles. The van der Waals surface area contributed by atoms with Crippen LogP contribution in [0.15, 0.2) is 0 Å². The van der Waals surface area contributed by atoms with Crippen molar-refractivity contribution in [3.05, 3.63) is 0 Å². The molecule has 0 rings (SSSR count). The van der Waals surface area contributed by atoms with Crippen molar-refractivity contribution in [2.45, 2.75) is 406 Å². The summed E-state index contributed by atoms with van der Waals surface area (Å²) in [6.45, 7) is 4.90. The van der Waals surface area contributed by atoms with Crippen LogP contribution in [0.1, 0.15) is 387 Å². The zero-order valence-corrected chi connectivity index (χ0v) is 61.3. The average molecular weight is 1350 g/mol. The summed E-state index contributed by atoms with van der Waals surface area (Å²) in [6, 6.07) is 0. The van der Waals surface area contributed by atoms with Gasteiger partial charge >= 0.3 is 39.5 Å². The first-order valence-electron chi connectivity index (χ1n) is 38.3. The third-order valence-corrected chi connectivity index (χ3v) is 19.0. The van der Waals surface area contributed by atoms with Crippen molar-refractivity contribution in [1.29, 1.82) is 0 Å². The number of esters is 4. The molecule has 0 radical (unpaired) electrons. The average Bonchev–Trinajstić information content (AvgIpc) is 3.61. The van der Waals surface area contributed by atoms with Gasteiger partial charge in [-0.2, -0.15) is 0 Å². The molecular weight excluding hydrogens is 1210 g/mol. The fraction of sp³-hybridized carbons (Fsp3) is 0.945. The molecule has 0 aliphatic heterocycles. The Bertz CT molecular complexity index is 1760. The lowest BCUT2D eigenvalue weighted by Crippen LogP contribution is -2.30. The minimum Gasteiger partial charge on any atom is -0.462 e. The van der Waals surface area contributed by atoms with Crippen LogP contribution in [0.25, 0.3) is 0 Å². The molecule has 0 aliphatic rings. The molecule has 0 fully saturated rings. The first-order valence-corrected chi connectivity index (χ1v) is 41.3. The van der Waals surface area contributed by atoms with E-state index in [1.165, 1.54) is 205 Å². The van der Waals surface area contributed by atoms with Gasteiger partial charge in [-0.1, -0.05) is 336 Å². The maximum absolute atomic E-state index is 13.1. The highest BCUT2D eigenvalue weighted by molar-refractivity contribution is 7.47. The van der Waals surface area contributed by atoms with Gasteiger partial charge in [-0.3, -0.25) is 37.3 Å². The molecule has 0 heterocycles. The molecule has 19 heteroatoms. The normalized spacial score (nSPS) is 13.9. The molecule has 0 amide bonds. The number of unbranched alkanes of at least 4 members (excludes halogenated alkanes) is 48. The quantitative estimate of drug-likeness (QED) is 0.0222. The minimum atomic E-state index is -4.95. The van der Waals surface area contributed by atoms with Gasteiger partial charge in [0.1, 0.15) is 19.3 Å². The summed E-state index contributed by atoms with van der Waals surface area (Å²) in [5.74, 6) is -2.12. The number of hydrogen-bond donors (Lipinski definition) is 3. The molecule has 0 spiro atoms. The van der Waals surface area contributed by atoms with Crippen molar-refractivity contribution in [1.82, 2.24) is 0 Å². The highest BCUT2D eigenvalue weighted by Gasteiger charge is 2.30. The molecule has 0 aromatic rings. The summed E-state index contributed by atoms with van der Waals surface area (Å²) in [5, 5.41) is 10.6. The Morgan fingerprint density at radius 1 is 0.261 bits per heavy atom. The van der Waals surface area contributed by atoms with E-state index in [0.29, 0.717) is 25.7 Å². The summed E-state index contributed by atoms with van der Waals surface area (Å²) in [4.78, 5) is 72.4. The lowest BCUT2D eigenvalue weighted by atomic mass is 10.0. The zero-order valence-electron chi connectivity index (χ0n) is 59.5. The lowest BCUT2D eigenvalue weighted by Gasteiger charge is -2.21. The Morgan fingerprint density at radius 2 is 0.435 bits per heavy atom. The van der Waals surface area contributed by atoms with Crippen molar-refractivity contribution >= 4 is 39.5 Å². The van der Waals surface area contributed by atoms with Gasteiger partial charge in [0.25, 0.3) is 0 Å². The number of carbonyl (C=O) groups excluding carboxylic acids is 4.